The Hall–Kier alpha value is -1.51. The molecular formula is C14H22N2O. The van der Waals surface area contributed by atoms with Gasteiger partial charge >= 0.3 is 0 Å². The third kappa shape index (κ3) is 3.22. The van der Waals surface area contributed by atoms with E-state index in [2.05, 4.69) is 0 Å². The molecule has 1 aromatic rings. The predicted molar refractivity (Wildman–Crippen MR) is 72.0 cm³/mol. The van der Waals surface area contributed by atoms with Crippen molar-refractivity contribution < 1.29 is 4.79 Å². The van der Waals surface area contributed by atoms with Crippen molar-refractivity contribution in [3.63, 3.8) is 0 Å². The van der Waals surface area contributed by atoms with E-state index in [9.17, 15) is 4.79 Å². The van der Waals surface area contributed by atoms with Gasteiger partial charge in [-0.25, -0.2) is 0 Å². The van der Waals surface area contributed by atoms with Crippen LogP contribution >= 0.6 is 0 Å². The van der Waals surface area contributed by atoms with Crippen molar-refractivity contribution in [3.05, 3.63) is 29.3 Å². The van der Waals surface area contributed by atoms with E-state index in [1.54, 1.807) is 6.07 Å². The van der Waals surface area contributed by atoms with E-state index in [0.717, 1.165) is 5.56 Å². The number of anilines is 1. The zero-order valence-electron chi connectivity index (χ0n) is 11.3. The van der Waals surface area contributed by atoms with Crippen LogP contribution in [0.1, 0.15) is 43.6 Å². The second-order valence-electron chi connectivity index (χ2n) is 5.03. The zero-order valence-corrected chi connectivity index (χ0v) is 11.3. The summed E-state index contributed by atoms with van der Waals surface area (Å²) >= 11 is 0. The first-order valence-corrected chi connectivity index (χ1v) is 6.02. The standard InChI is InChI=1S/C14H22N2O/c1-9(2)16(10(3)4)14(17)12-6-11(5)7-13(15)8-12/h6-10H,15H2,1-5H3. The van der Waals surface area contributed by atoms with E-state index in [-0.39, 0.29) is 18.0 Å². The normalized spacial score (nSPS) is 11.0. The number of hydrogen-bond donors (Lipinski definition) is 1. The monoisotopic (exact) mass is 234 g/mol. The lowest BCUT2D eigenvalue weighted by atomic mass is 10.1. The van der Waals surface area contributed by atoms with Crippen molar-refractivity contribution in [3.8, 4) is 0 Å². The average Bonchev–Trinajstić information content (AvgIpc) is 2.14. The van der Waals surface area contributed by atoms with E-state index >= 15 is 0 Å². The number of aryl methyl sites for hydroxylation is 1. The highest BCUT2D eigenvalue weighted by atomic mass is 16.2. The quantitative estimate of drug-likeness (QED) is 0.817. The van der Waals surface area contributed by atoms with Crippen LogP contribution in [-0.4, -0.2) is 22.9 Å². The first-order valence-electron chi connectivity index (χ1n) is 6.02. The average molecular weight is 234 g/mol. The highest BCUT2D eigenvalue weighted by Crippen LogP contribution is 2.16. The molecular weight excluding hydrogens is 212 g/mol. The van der Waals surface area contributed by atoms with E-state index in [1.807, 2.05) is 51.7 Å². The Bertz CT molecular complexity index is 382. The van der Waals surface area contributed by atoms with Crippen molar-refractivity contribution in [1.29, 1.82) is 0 Å². The second kappa shape index (κ2) is 5.21. The van der Waals surface area contributed by atoms with E-state index in [0.29, 0.717) is 11.3 Å². The largest absolute Gasteiger partial charge is 0.399 e. The Morgan fingerprint density at radius 1 is 1.12 bits per heavy atom. The van der Waals surface area contributed by atoms with Crippen LogP contribution in [0.3, 0.4) is 0 Å². The Labute approximate surface area is 104 Å². The molecule has 0 unspecified atom stereocenters. The maximum absolute atomic E-state index is 12.4. The first kappa shape index (κ1) is 13.6. The van der Waals surface area contributed by atoms with Crippen LogP contribution in [0.2, 0.25) is 0 Å². The van der Waals surface area contributed by atoms with Gasteiger partial charge in [0.25, 0.3) is 5.91 Å². The number of benzene rings is 1. The maximum atomic E-state index is 12.4. The van der Waals surface area contributed by atoms with Crippen molar-refractivity contribution in [2.75, 3.05) is 5.73 Å². The summed E-state index contributed by atoms with van der Waals surface area (Å²) in [5.74, 6) is 0.0467. The molecule has 0 saturated heterocycles. The number of hydrogen-bond acceptors (Lipinski definition) is 2. The van der Waals surface area contributed by atoms with Gasteiger partial charge in [-0.3, -0.25) is 4.79 Å². The van der Waals surface area contributed by atoms with Gasteiger partial charge in [0.2, 0.25) is 0 Å². The Kier molecular flexibility index (Phi) is 4.16. The zero-order chi connectivity index (χ0) is 13.2. The third-order valence-electron chi connectivity index (χ3n) is 2.69. The van der Waals surface area contributed by atoms with E-state index in [4.69, 9.17) is 5.73 Å². The summed E-state index contributed by atoms with van der Waals surface area (Å²) in [7, 11) is 0. The molecule has 1 rings (SSSR count). The van der Waals surface area contributed by atoms with Crippen molar-refractivity contribution in [1.82, 2.24) is 4.90 Å². The van der Waals surface area contributed by atoms with Crippen molar-refractivity contribution in [2.45, 2.75) is 46.7 Å². The van der Waals surface area contributed by atoms with Crippen molar-refractivity contribution >= 4 is 11.6 Å². The molecule has 0 aliphatic carbocycles. The summed E-state index contributed by atoms with van der Waals surface area (Å²) < 4.78 is 0. The molecule has 1 aromatic carbocycles. The predicted octanol–water partition coefficient (Wildman–Crippen LogP) is 2.84. The highest BCUT2D eigenvalue weighted by Gasteiger charge is 2.21. The SMILES string of the molecule is Cc1cc(N)cc(C(=O)N(C(C)C)C(C)C)c1. The summed E-state index contributed by atoms with van der Waals surface area (Å²) in [5, 5.41) is 0. The van der Waals surface area contributed by atoms with Crippen LogP contribution in [0.15, 0.2) is 18.2 Å². The minimum Gasteiger partial charge on any atom is -0.399 e. The molecule has 0 atom stereocenters. The van der Waals surface area contributed by atoms with Crippen LogP contribution in [0.25, 0.3) is 0 Å². The fourth-order valence-electron chi connectivity index (χ4n) is 2.15. The van der Waals surface area contributed by atoms with Gasteiger partial charge in [0.1, 0.15) is 0 Å². The lowest BCUT2D eigenvalue weighted by molar-refractivity contribution is 0.0643. The van der Waals surface area contributed by atoms with Gasteiger partial charge in [-0.05, 0) is 58.4 Å². The molecule has 0 saturated carbocycles. The molecule has 1 amide bonds. The molecule has 3 heteroatoms. The van der Waals surface area contributed by atoms with Crippen LogP contribution in [0, 0.1) is 6.92 Å². The Morgan fingerprint density at radius 3 is 2.06 bits per heavy atom. The van der Waals surface area contributed by atoms with Gasteiger partial charge in [-0.1, -0.05) is 0 Å². The van der Waals surface area contributed by atoms with Crippen LogP contribution < -0.4 is 5.73 Å². The molecule has 0 aromatic heterocycles. The molecule has 0 heterocycles. The fourth-order valence-corrected chi connectivity index (χ4v) is 2.15. The minimum atomic E-state index is 0.0467. The Morgan fingerprint density at radius 2 is 1.65 bits per heavy atom. The number of nitrogens with zero attached hydrogens (tertiary/aromatic N) is 1. The molecule has 0 radical (unpaired) electrons. The first-order chi connectivity index (χ1) is 7.82. The number of carbonyl (C=O) groups is 1. The molecule has 3 nitrogen and oxygen atoms in total. The summed E-state index contributed by atoms with van der Waals surface area (Å²) in [4.78, 5) is 14.3. The summed E-state index contributed by atoms with van der Waals surface area (Å²) in [6, 6.07) is 5.86. The van der Waals surface area contributed by atoms with Crippen LogP contribution in [-0.2, 0) is 0 Å². The van der Waals surface area contributed by atoms with Gasteiger partial charge in [0, 0.05) is 23.3 Å². The smallest absolute Gasteiger partial charge is 0.254 e. The molecule has 94 valence electrons. The maximum Gasteiger partial charge on any atom is 0.254 e. The van der Waals surface area contributed by atoms with Gasteiger partial charge in [0.05, 0.1) is 0 Å². The minimum absolute atomic E-state index is 0.0467. The third-order valence-corrected chi connectivity index (χ3v) is 2.69. The van der Waals surface area contributed by atoms with E-state index < -0.39 is 0 Å². The molecule has 0 spiro atoms. The van der Waals surface area contributed by atoms with Crippen LogP contribution in [0.4, 0.5) is 5.69 Å². The number of amides is 1. The Balaban J connectivity index is 3.09. The number of nitrogen functional groups attached to an aromatic ring is 1. The molecule has 0 aliphatic rings. The summed E-state index contributed by atoms with van der Waals surface area (Å²) in [6.45, 7) is 10.0. The lowest BCUT2D eigenvalue weighted by Crippen LogP contribution is -2.42. The topological polar surface area (TPSA) is 46.3 Å². The van der Waals surface area contributed by atoms with Gasteiger partial charge < -0.3 is 10.6 Å². The molecule has 2 N–H and O–H groups in total. The lowest BCUT2D eigenvalue weighted by Gasteiger charge is -2.31. The fraction of sp³-hybridized carbons (Fsp3) is 0.500. The molecule has 0 aliphatic heterocycles. The highest BCUT2D eigenvalue weighted by molar-refractivity contribution is 5.95. The number of nitrogens with two attached hydrogens (primary N) is 1. The summed E-state index contributed by atoms with van der Waals surface area (Å²) in [6.07, 6.45) is 0. The van der Waals surface area contributed by atoms with Gasteiger partial charge in [-0.15, -0.1) is 0 Å². The molecule has 0 fully saturated rings. The molecule has 0 bridgehead atoms. The number of carbonyl (C=O) groups excluding carboxylic acids is 1. The van der Waals surface area contributed by atoms with E-state index in [1.165, 1.54) is 0 Å². The van der Waals surface area contributed by atoms with Gasteiger partial charge in [-0.2, -0.15) is 0 Å². The second-order valence-corrected chi connectivity index (χ2v) is 5.03. The van der Waals surface area contributed by atoms with Crippen molar-refractivity contribution in [2.24, 2.45) is 0 Å². The van der Waals surface area contributed by atoms with Crippen LogP contribution in [0.5, 0.6) is 0 Å². The number of rotatable bonds is 3. The van der Waals surface area contributed by atoms with Gasteiger partial charge in [0.15, 0.2) is 0 Å². The summed E-state index contributed by atoms with van der Waals surface area (Å²) in [5.41, 5.74) is 8.10. The molecule has 17 heavy (non-hydrogen) atoms.